The average molecular weight is 1420 g/mol. The highest BCUT2D eigenvalue weighted by Gasteiger charge is 2.22. The van der Waals surface area contributed by atoms with E-state index in [0.717, 1.165) is 51.4 Å². The summed E-state index contributed by atoms with van der Waals surface area (Å²) in [7, 11) is 5.96. The molecule has 0 aromatic heterocycles. The summed E-state index contributed by atoms with van der Waals surface area (Å²) in [4.78, 5) is 37.7. The van der Waals surface area contributed by atoms with Gasteiger partial charge in [-0.2, -0.15) is 0 Å². The lowest BCUT2D eigenvalue weighted by Crippen LogP contribution is -2.44. The Morgan fingerprint density at radius 3 is 0.802 bits per heavy atom. The Morgan fingerprint density at radius 1 is 0.297 bits per heavy atom. The van der Waals surface area contributed by atoms with Crippen molar-refractivity contribution >= 4 is 17.9 Å². The van der Waals surface area contributed by atoms with Crippen molar-refractivity contribution in [2.45, 2.75) is 476 Å². The molecule has 0 aromatic rings. The van der Waals surface area contributed by atoms with Crippen LogP contribution in [0.15, 0.2) is 48.6 Å². The summed E-state index contributed by atoms with van der Waals surface area (Å²) >= 11 is 0. The van der Waals surface area contributed by atoms with Crippen molar-refractivity contribution in [3.63, 3.8) is 0 Å². The molecule has 0 aliphatic rings. The minimum Gasteiger partial charge on any atom is -0.545 e. The van der Waals surface area contributed by atoms with Gasteiger partial charge in [-0.1, -0.05) is 422 Å². The smallest absolute Gasteiger partial charge is 0.306 e. The molecule has 101 heavy (non-hydrogen) atoms. The maximum atomic E-state index is 13.0. The number of aliphatic carboxylic acids is 1. The minimum atomic E-state index is -1.62. The predicted octanol–water partition coefficient (Wildman–Crippen LogP) is 27.8. The van der Waals surface area contributed by atoms with Crippen LogP contribution < -0.4 is 5.11 Å². The van der Waals surface area contributed by atoms with Crippen LogP contribution in [0, 0.1) is 0 Å². The molecular weight excluding hydrogens is 1250 g/mol. The molecule has 0 saturated heterocycles. The third-order valence-corrected chi connectivity index (χ3v) is 20.5. The van der Waals surface area contributed by atoms with Crippen molar-refractivity contribution in [1.82, 2.24) is 0 Å². The molecular formula is C92H173NO8. The van der Waals surface area contributed by atoms with Crippen molar-refractivity contribution in [2.75, 3.05) is 47.5 Å². The molecule has 594 valence electrons. The lowest BCUT2D eigenvalue weighted by atomic mass is 10.0. The first-order valence-electron chi connectivity index (χ1n) is 44.8. The number of hydrogen-bond acceptors (Lipinski definition) is 8. The fraction of sp³-hybridized carbons (Fsp3) is 0.880. The number of carboxylic acids is 1. The largest absolute Gasteiger partial charge is 0.545 e. The number of carbonyl (C=O) groups is 3. The summed E-state index contributed by atoms with van der Waals surface area (Å²) < 4.78 is 22.9. The molecule has 0 amide bonds. The van der Waals surface area contributed by atoms with Gasteiger partial charge in [-0.15, -0.1) is 0 Å². The molecule has 0 rings (SSSR count). The second-order valence-corrected chi connectivity index (χ2v) is 31.9. The summed E-state index contributed by atoms with van der Waals surface area (Å²) in [5.74, 6) is -2.25. The number of likely N-dealkylation sites (N-methyl/N-ethyl adjacent to an activating group) is 1. The second kappa shape index (κ2) is 82.9. The zero-order chi connectivity index (χ0) is 73.2. The van der Waals surface area contributed by atoms with E-state index in [-0.39, 0.29) is 32.2 Å². The SMILES string of the molecule is CCCCCCC/C=C\C/C=C\C/C=C\CCCCCCCCCCCCCCCCCCCCCCCCC(=O)OC(COC(=O)CCCCCCCCCCCCCCCCCCCCCCCCCCCCC/C=C\CCCCCCCCCC)COC(OCC[N+](C)(C)C)C(=O)[O-]. The molecule has 0 spiro atoms. The fourth-order valence-electron chi connectivity index (χ4n) is 13.7. The molecule has 9 heteroatoms. The number of esters is 2. The topological polar surface area (TPSA) is 111 Å². The molecule has 0 heterocycles. The zero-order valence-electron chi connectivity index (χ0n) is 68.3. The van der Waals surface area contributed by atoms with Crippen LogP contribution in [-0.2, 0) is 33.3 Å². The third-order valence-electron chi connectivity index (χ3n) is 20.5. The molecule has 0 fully saturated rings. The zero-order valence-corrected chi connectivity index (χ0v) is 68.3. The second-order valence-electron chi connectivity index (χ2n) is 31.9. The molecule has 2 atom stereocenters. The average Bonchev–Trinajstić information content (AvgIpc) is 1.25. The highest BCUT2D eigenvalue weighted by atomic mass is 16.7. The molecule has 0 aromatic carbocycles. The summed E-state index contributed by atoms with van der Waals surface area (Å²) in [5, 5.41) is 11.9. The Morgan fingerprint density at radius 2 is 0.535 bits per heavy atom. The Hall–Kier alpha value is -2.75. The highest BCUT2D eigenvalue weighted by molar-refractivity contribution is 5.70. The molecule has 0 saturated carbocycles. The van der Waals surface area contributed by atoms with Gasteiger partial charge in [-0.25, -0.2) is 0 Å². The first kappa shape index (κ1) is 98.2. The number of rotatable bonds is 85. The first-order valence-corrected chi connectivity index (χ1v) is 44.8. The fourth-order valence-corrected chi connectivity index (χ4v) is 13.7. The van der Waals surface area contributed by atoms with Crippen molar-refractivity contribution in [3.05, 3.63) is 48.6 Å². The Balaban J connectivity index is 3.90. The highest BCUT2D eigenvalue weighted by Crippen LogP contribution is 2.21. The number of ether oxygens (including phenoxy) is 4. The number of unbranched alkanes of at least 4 members (excludes halogenated alkanes) is 62. The van der Waals surface area contributed by atoms with Crippen LogP contribution in [-0.4, -0.2) is 82.3 Å². The normalized spacial score (nSPS) is 12.8. The van der Waals surface area contributed by atoms with Crippen molar-refractivity contribution in [1.29, 1.82) is 0 Å². The molecule has 0 radical (unpaired) electrons. The Kier molecular flexibility index (Phi) is 80.6. The van der Waals surface area contributed by atoms with Gasteiger partial charge in [0.05, 0.1) is 40.3 Å². The number of nitrogens with zero attached hydrogens (tertiary/aromatic N) is 1. The predicted molar refractivity (Wildman–Crippen MR) is 436 cm³/mol. The van der Waals surface area contributed by atoms with Crippen LogP contribution >= 0.6 is 0 Å². The van der Waals surface area contributed by atoms with E-state index in [1.165, 1.54) is 385 Å². The van der Waals surface area contributed by atoms with E-state index in [1.807, 2.05) is 21.1 Å². The quantitative estimate of drug-likeness (QED) is 0.0195. The molecule has 2 unspecified atom stereocenters. The van der Waals surface area contributed by atoms with E-state index in [4.69, 9.17) is 18.9 Å². The van der Waals surface area contributed by atoms with Crippen LogP contribution in [0.2, 0.25) is 0 Å². The van der Waals surface area contributed by atoms with Gasteiger partial charge in [-0.05, 0) is 77.0 Å². The number of quaternary nitrogens is 1. The van der Waals surface area contributed by atoms with Gasteiger partial charge in [0, 0.05) is 12.8 Å². The van der Waals surface area contributed by atoms with E-state index in [9.17, 15) is 19.5 Å². The first-order chi connectivity index (χ1) is 49.6. The summed E-state index contributed by atoms with van der Waals surface area (Å²) in [6.07, 6.45) is 107. The number of carbonyl (C=O) groups excluding carboxylic acids is 3. The van der Waals surface area contributed by atoms with Crippen molar-refractivity contribution in [2.24, 2.45) is 0 Å². The Labute approximate surface area is 629 Å². The van der Waals surface area contributed by atoms with E-state index in [2.05, 4.69) is 62.5 Å². The van der Waals surface area contributed by atoms with Gasteiger partial charge in [0.2, 0.25) is 0 Å². The molecule has 0 aliphatic carbocycles. The standard InChI is InChI=1S/C92H173NO8/c1-6-8-10-12-14-16-18-20-22-24-26-28-30-32-34-36-38-40-42-44-45-47-48-50-52-54-56-58-60-62-64-66-68-70-72-74-76-78-80-82-89(94)99-86-88(87-100-92(91(96)97)98-85-84-93(3,4)5)101-90(95)83-81-79-77-75-73-71-69-67-65-63-61-59-57-55-53-51-49-46-43-41-39-37-35-33-31-29-27-25-23-21-19-17-15-13-11-9-7-2/h19,21,24-27,31,33,88,92H,6-18,20,22-23,28-30,32,34-87H2,1-5H3/b21-19-,26-24-,27-25-,33-31-. The van der Waals surface area contributed by atoms with Gasteiger partial charge in [0.1, 0.15) is 13.2 Å². The number of allylic oxidation sites excluding steroid dienone is 8. The number of hydrogen-bond donors (Lipinski definition) is 0. The van der Waals surface area contributed by atoms with E-state index in [0.29, 0.717) is 17.4 Å². The Bertz CT molecular complexity index is 1800. The van der Waals surface area contributed by atoms with E-state index >= 15 is 0 Å². The van der Waals surface area contributed by atoms with Crippen LogP contribution in [0.3, 0.4) is 0 Å². The molecule has 9 nitrogen and oxygen atoms in total. The maximum Gasteiger partial charge on any atom is 0.306 e. The lowest BCUT2D eigenvalue weighted by Gasteiger charge is -2.26. The monoisotopic (exact) mass is 1420 g/mol. The molecule has 0 N–H and O–H groups in total. The van der Waals surface area contributed by atoms with Crippen LogP contribution in [0.5, 0.6) is 0 Å². The van der Waals surface area contributed by atoms with E-state index in [1.54, 1.807) is 0 Å². The maximum absolute atomic E-state index is 13.0. The lowest BCUT2D eigenvalue weighted by molar-refractivity contribution is -0.870. The van der Waals surface area contributed by atoms with Crippen LogP contribution in [0.1, 0.15) is 463 Å². The van der Waals surface area contributed by atoms with E-state index < -0.39 is 24.3 Å². The van der Waals surface area contributed by atoms with Gasteiger partial charge in [0.15, 0.2) is 12.4 Å². The van der Waals surface area contributed by atoms with Crippen LogP contribution in [0.4, 0.5) is 0 Å². The summed E-state index contributed by atoms with van der Waals surface area (Å²) in [6, 6.07) is 0. The van der Waals surface area contributed by atoms with Crippen molar-refractivity contribution < 1.29 is 42.9 Å². The van der Waals surface area contributed by atoms with Crippen molar-refractivity contribution in [3.8, 4) is 0 Å². The third kappa shape index (κ3) is 84.4. The molecule has 0 aliphatic heterocycles. The van der Waals surface area contributed by atoms with Crippen LogP contribution in [0.25, 0.3) is 0 Å². The summed E-state index contributed by atoms with van der Waals surface area (Å²) in [5.41, 5.74) is 0. The van der Waals surface area contributed by atoms with Gasteiger partial charge in [0.25, 0.3) is 0 Å². The number of carboxylic acid groups (broad SMARTS) is 1. The van der Waals surface area contributed by atoms with Gasteiger partial charge >= 0.3 is 11.9 Å². The molecule has 0 bridgehead atoms. The minimum absolute atomic E-state index is 0.151. The van der Waals surface area contributed by atoms with Gasteiger partial charge < -0.3 is 33.3 Å². The summed E-state index contributed by atoms with van der Waals surface area (Å²) in [6.45, 7) is 4.82. The van der Waals surface area contributed by atoms with Gasteiger partial charge in [-0.3, -0.25) is 9.59 Å².